The molecule has 0 aromatic heterocycles. The highest BCUT2D eigenvalue weighted by Crippen LogP contribution is 2.32. The molecule has 0 saturated heterocycles. The van der Waals surface area contributed by atoms with Gasteiger partial charge in [-0.1, -0.05) is 0 Å². The van der Waals surface area contributed by atoms with Crippen molar-refractivity contribution < 1.29 is 14.7 Å². The maximum absolute atomic E-state index is 11.1. The van der Waals surface area contributed by atoms with E-state index in [2.05, 4.69) is 0 Å². The second kappa shape index (κ2) is 5.30. The van der Waals surface area contributed by atoms with Crippen molar-refractivity contribution in [3.63, 3.8) is 0 Å². The molecule has 0 radical (unpaired) electrons. The first-order valence-corrected chi connectivity index (χ1v) is 6.34. The average molecular weight is 262 g/mol. The molecule has 5 nitrogen and oxygen atoms in total. The second-order valence-electron chi connectivity index (χ2n) is 5.08. The quantitative estimate of drug-likeness (QED) is 0.811. The summed E-state index contributed by atoms with van der Waals surface area (Å²) in [4.78, 5) is 23.9. The average Bonchev–Trinajstić information content (AvgIpc) is 3.11. The van der Waals surface area contributed by atoms with Crippen molar-refractivity contribution >= 4 is 17.6 Å². The van der Waals surface area contributed by atoms with E-state index in [9.17, 15) is 9.59 Å². The number of carboxylic acids is 1. The van der Waals surface area contributed by atoms with Crippen LogP contribution in [0.5, 0.6) is 0 Å². The van der Waals surface area contributed by atoms with Crippen molar-refractivity contribution in [1.82, 2.24) is 0 Å². The van der Waals surface area contributed by atoms with Crippen molar-refractivity contribution in [2.75, 3.05) is 18.0 Å². The van der Waals surface area contributed by atoms with Gasteiger partial charge in [0.25, 0.3) is 0 Å². The Labute approximate surface area is 112 Å². The maximum atomic E-state index is 11.1. The molecule has 0 unspecified atom stereocenters. The zero-order valence-electron chi connectivity index (χ0n) is 10.9. The molecule has 1 aromatic carbocycles. The van der Waals surface area contributed by atoms with Gasteiger partial charge in [-0.2, -0.15) is 0 Å². The van der Waals surface area contributed by atoms with E-state index >= 15 is 0 Å². The molecule has 102 valence electrons. The molecule has 0 spiro atoms. The molecule has 2 rings (SSSR count). The lowest BCUT2D eigenvalue weighted by Crippen LogP contribution is -2.32. The van der Waals surface area contributed by atoms with Crippen LogP contribution in [0.2, 0.25) is 0 Å². The third kappa shape index (κ3) is 3.47. The van der Waals surface area contributed by atoms with Crippen LogP contribution in [0, 0.1) is 12.8 Å². The second-order valence-corrected chi connectivity index (χ2v) is 5.08. The highest BCUT2D eigenvalue weighted by Gasteiger charge is 2.26. The topological polar surface area (TPSA) is 83.6 Å². The molecule has 3 N–H and O–H groups in total. The fraction of sp³-hybridized carbons (Fsp3) is 0.429. The monoisotopic (exact) mass is 262 g/mol. The number of rotatable bonds is 6. The van der Waals surface area contributed by atoms with Crippen molar-refractivity contribution in [3.05, 3.63) is 29.3 Å². The summed E-state index contributed by atoms with van der Waals surface area (Å²) in [6.45, 7) is 2.60. The lowest BCUT2D eigenvalue weighted by molar-refractivity contribution is -0.135. The number of hydrogen-bond donors (Lipinski definition) is 2. The molecular weight excluding hydrogens is 244 g/mol. The minimum Gasteiger partial charge on any atom is -0.480 e. The highest BCUT2D eigenvalue weighted by molar-refractivity contribution is 5.93. The van der Waals surface area contributed by atoms with Gasteiger partial charge in [0.2, 0.25) is 5.91 Å². The van der Waals surface area contributed by atoms with Crippen molar-refractivity contribution in [1.29, 1.82) is 0 Å². The van der Waals surface area contributed by atoms with Gasteiger partial charge < -0.3 is 15.7 Å². The van der Waals surface area contributed by atoms with Crippen LogP contribution in [-0.4, -0.2) is 30.1 Å². The Hall–Kier alpha value is -2.04. The van der Waals surface area contributed by atoms with E-state index in [1.807, 2.05) is 11.8 Å². The summed E-state index contributed by atoms with van der Waals surface area (Å²) in [5.74, 6) is -0.727. The van der Waals surface area contributed by atoms with Crippen molar-refractivity contribution in [3.8, 4) is 0 Å². The number of nitrogens with two attached hydrogens (primary N) is 1. The lowest BCUT2D eigenvalue weighted by atomic mass is 10.1. The van der Waals surface area contributed by atoms with Crippen LogP contribution < -0.4 is 10.6 Å². The first-order chi connectivity index (χ1) is 8.97. The summed E-state index contributed by atoms with van der Waals surface area (Å²) in [7, 11) is 0. The molecule has 5 heteroatoms. The van der Waals surface area contributed by atoms with Crippen LogP contribution in [0.15, 0.2) is 18.2 Å². The van der Waals surface area contributed by atoms with E-state index in [0.717, 1.165) is 30.6 Å². The Morgan fingerprint density at radius 2 is 2.11 bits per heavy atom. The summed E-state index contributed by atoms with van der Waals surface area (Å²) in [5, 5.41) is 9.00. The number of carbonyl (C=O) groups excluding carboxylic acids is 1. The van der Waals surface area contributed by atoms with E-state index in [1.54, 1.807) is 18.2 Å². The lowest BCUT2D eigenvalue weighted by Gasteiger charge is -2.25. The first kappa shape index (κ1) is 13.4. The van der Waals surface area contributed by atoms with E-state index in [0.29, 0.717) is 11.5 Å². The third-order valence-corrected chi connectivity index (χ3v) is 3.32. The maximum Gasteiger partial charge on any atom is 0.323 e. The van der Waals surface area contributed by atoms with E-state index in [-0.39, 0.29) is 6.54 Å². The third-order valence-electron chi connectivity index (χ3n) is 3.32. The summed E-state index contributed by atoms with van der Waals surface area (Å²) < 4.78 is 0. The standard InChI is InChI=1S/C14H18N2O3/c1-9-6-11(14(15)19)4-5-12(9)16(8-13(17)18)7-10-2-3-10/h4-6,10H,2-3,7-8H2,1H3,(H2,15,19)(H,17,18). The number of anilines is 1. The number of primary amides is 1. The smallest absolute Gasteiger partial charge is 0.323 e. The van der Waals surface area contributed by atoms with Crippen molar-refractivity contribution in [2.45, 2.75) is 19.8 Å². The number of aliphatic carboxylic acids is 1. The minimum absolute atomic E-state index is 0.0206. The normalized spacial score (nSPS) is 14.2. The molecule has 19 heavy (non-hydrogen) atoms. The first-order valence-electron chi connectivity index (χ1n) is 6.34. The van der Waals surface area contributed by atoms with Gasteiger partial charge in [-0.25, -0.2) is 0 Å². The molecule has 0 aliphatic heterocycles. The van der Waals surface area contributed by atoms with Crippen LogP contribution in [-0.2, 0) is 4.79 Å². The van der Waals surface area contributed by atoms with Gasteiger partial charge >= 0.3 is 5.97 Å². The molecule has 1 amide bonds. The number of nitrogens with zero attached hydrogens (tertiary/aromatic N) is 1. The summed E-state index contributed by atoms with van der Waals surface area (Å²) in [6, 6.07) is 5.13. The van der Waals surface area contributed by atoms with Crippen LogP contribution in [0.1, 0.15) is 28.8 Å². The Balaban J connectivity index is 2.24. The molecule has 1 fully saturated rings. The SMILES string of the molecule is Cc1cc(C(N)=O)ccc1N(CC(=O)O)CC1CC1. The zero-order valence-corrected chi connectivity index (χ0v) is 10.9. The number of amides is 1. The van der Waals surface area contributed by atoms with Gasteiger partial charge in [0.1, 0.15) is 6.54 Å². The molecule has 0 heterocycles. The zero-order chi connectivity index (χ0) is 14.0. The Bertz CT molecular complexity index is 509. The predicted octanol–water partition coefficient (Wildman–Crippen LogP) is 1.39. The highest BCUT2D eigenvalue weighted by atomic mass is 16.4. The van der Waals surface area contributed by atoms with Crippen LogP contribution >= 0.6 is 0 Å². The number of carbonyl (C=O) groups is 2. The van der Waals surface area contributed by atoms with Gasteiger partial charge in [-0.15, -0.1) is 0 Å². The fourth-order valence-electron chi connectivity index (χ4n) is 2.19. The van der Waals surface area contributed by atoms with E-state index in [1.165, 1.54) is 0 Å². The number of hydrogen-bond acceptors (Lipinski definition) is 3. The van der Waals surface area contributed by atoms with E-state index < -0.39 is 11.9 Å². The number of aryl methyl sites for hydroxylation is 1. The van der Waals surface area contributed by atoms with Crippen molar-refractivity contribution in [2.24, 2.45) is 11.7 Å². The largest absolute Gasteiger partial charge is 0.480 e. The van der Waals surface area contributed by atoms with Gasteiger partial charge in [0, 0.05) is 17.8 Å². The molecule has 1 aromatic rings. The molecule has 0 atom stereocenters. The Morgan fingerprint density at radius 1 is 1.42 bits per heavy atom. The van der Waals surface area contributed by atoms with E-state index in [4.69, 9.17) is 10.8 Å². The number of benzene rings is 1. The van der Waals surface area contributed by atoms with Gasteiger partial charge in [-0.05, 0) is 49.4 Å². The van der Waals surface area contributed by atoms with Crippen LogP contribution in [0.4, 0.5) is 5.69 Å². The summed E-state index contributed by atoms with van der Waals surface area (Å²) in [6.07, 6.45) is 2.32. The summed E-state index contributed by atoms with van der Waals surface area (Å²) in [5.41, 5.74) is 7.41. The minimum atomic E-state index is -0.848. The molecule has 1 aliphatic carbocycles. The molecule has 1 saturated carbocycles. The van der Waals surface area contributed by atoms with Gasteiger partial charge in [0.05, 0.1) is 0 Å². The van der Waals surface area contributed by atoms with Crippen LogP contribution in [0.3, 0.4) is 0 Å². The molecule has 0 bridgehead atoms. The molecular formula is C14H18N2O3. The Kier molecular flexibility index (Phi) is 3.74. The summed E-state index contributed by atoms with van der Waals surface area (Å²) >= 11 is 0. The Morgan fingerprint density at radius 3 is 2.58 bits per heavy atom. The van der Waals surface area contributed by atoms with Gasteiger partial charge in [0.15, 0.2) is 0 Å². The fourth-order valence-corrected chi connectivity index (χ4v) is 2.19. The predicted molar refractivity (Wildman–Crippen MR) is 72.3 cm³/mol. The number of carboxylic acid groups (broad SMARTS) is 1. The van der Waals surface area contributed by atoms with Gasteiger partial charge in [-0.3, -0.25) is 9.59 Å². The van der Waals surface area contributed by atoms with Crippen LogP contribution in [0.25, 0.3) is 0 Å². The molecule has 1 aliphatic rings.